The van der Waals surface area contributed by atoms with Crippen molar-refractivity contribution in [3.05, 3.63) is 40.2 Å². The number of nitrogens with two attached hydrogens (primary N) is 1. The van der Waals surface area contributed by atoms with Gasteiger partial charge in [-0.25, -0.2) is 9.67 Å². The molecule has 3 aromatic rings. The highest BCUT2D eigenvalue weighted by Crippen LogP contribution is 2.19. The van der Waals surface area contributed by atoms with Crippen LogP contribution in [0.15, 0.2) is 36.7 Å². The molecular formula is C11H8IN5. The van der Waals surface area contributed by atoms with Crippen LogP contribution in [0.5, 0.6) is 0 Å². The highest BCUT2D eigenvalue weighted by molar-refractivity contribution is 14.1. The molecule has 0 atom stereocenters. The Kier molecular flexibility index (Phi) is 2.43. The lowest BCUT2D eigenvalue weighted by molar-refractivity contribution is 0.869. The quantitative estimate of drug-likeness (QED) is 0.690. The van der Waals surface area contributed by atoms with Gasteiger partial charge in [-0.05, 0) is 34.7 Å². The fourth-order valence-electron chi connectivity index (χ4n) is 1.66. The summed E-state index contributed by atoms with van der Waals surface area (Å²) in [5.74, 6) is 0.922. The molecule has 0 unspecified atom stereocenters. The maximum Gasteiger partial charge on any atom is 0.221 e. The molecule has 5 nitrogen and oxygen atoms in total. The maximum atomic E-state index is 5.57. The first-order chi connectivity index (χ1) is 8.24. The van der Waals surface area contributed by atoms with Gasteiger partial charge in [0.05, 0.1) is 11.7 Å². The molecule has 6 heteroatoms. The van der Waals surface area contributed by atoms with Crippen molar-refractivity contribution in [2.45, 2.75) is 0 Å². The van der Waals surface area contributed by atoms with E-state index < -0.39 is 0 Å². The normalized spacial score (nSPS) is 10.9. The molecule has 0 saturated heterocycles. The van der Waals surface area contributed by atoms with E-state index in [1.54, 1.807) is 16.9 Å². The number of nitrogen functional groups attached to an aromatic ring is 1. The van der Waals surface area contributed by atoms with Gasteiger partial charge < -0.3 is 5.73 Å². The first-order valence-electron chi connectivity index (χ1n) is 4.96. The zero-order chi connectivity index (χ0) is 11.8. The number of fused-ring (bicyclic) bond motifs is 1. The molecular weight excluding hydrogens is 329 g/mol. The molecule has 17 heavy (non-hydrogen) atoms. The Morgan fingerprint density at radius 2 is 2.12 bits per heavy atom. The minimum atomic E-state index is 0.247. The lowest BCUT2D eigenvalue weighted by atomic mass is 10.2. The van der Waals surface area contributed by atoms with Crippen molar-refractivity contribution in [1.82, 2.24) is 19.7 Å². The molecule has 3 rings (SSSR count). The Morgan fingerprint density at radius 3 is 2.94 bits per heavy atom. The van der Waals surface area contributed by atoms with Crippen molar-refractivity contribution in [1.29, 1.82) is 0 Å². The largest absolute Gasteiger partial charge is 0.368 e. The van der Waals surface area contributed by atoms with Crippen LogP contribution in [0.2, 0.25) is 0 Å². The molecule has 0 aliphatic rings. The van der Waals surface area contributed by atoms with Gasteiger partial charge in [0, 0.05) is 21.2 Å². The summed E-state index contributed by atoms with van der Waals surface area (Å²) in [4.78, 5) is 8.03. The lowest BCUT2D eigenvalue weighted by Crippen LogP contribution is -2.03. The van der Waals surface area contributed by atoms with Gasteiger partial charge in [-0.3, -0.25) is 0 Å². The second-order valence-corrected chi connectivity index (χ2v) is 4.78. The van der Waals surface area contributed by atoms with Crippen LogP contribution in [-0.2, 0) is 0 Å². The van der Waals surface area contributed by atoms with Gasteiger partial charge in [-0.2, -0.15) is 10.1 Å². The highest BCUT2D eigenvalue weighted by Gasteiger charge is 2.06. The van der Waals surface area contributed by atoms with Crippen molar-refractivity contribution >= 4 is 39.4 Å². The van der Waals surface area contributed by atoms with Crippen molar-refractivity contribution in [3.63, 3.8) is 0 Å². The minimum absolute atomic E-state index is 0.247. The van der Waals surface area contributed by atoms with Gasteiger partial charge >= 0.3 is 0 Å². The van der Waals surface area contributed by atoms with E-state index in [0.29, 0.717) is 5.82 Å². The van der Waals surface area contributed by atoms with Gasteiger partial charge in [-0.1, -0.05) is 6.07 Å². The molecule has 0 radical (unpaired) electrons. The summed E-state index contributed by atoms with van der Waals surface area (Å²) in [6.07, 6.45) is 3.43. The van der Waals surface area contributed by atoms with Gasteiger partial charge in [0.25, 0.3) is 0 Å². The van der Waals surface area contributed by atoms with Crippen LogP contribution in [0, 0.1) is 3.57 Å². The molecule has 1 aromatic carbocycles. The molecule has 0 aliphatic heterocycles. The number of anilines is 1. The van der Waals surface area contributed by atoms with Gasteiger partial charge in [-0.15, -0.1) is 0 Å². The number of hydrogen-bond donors (Lipinski definition) is 1. The van der Waals surface area contributed by atoms with Crippen LogP contribution in [0.3, 0.4) is 0 Å². The molecule has 2 aromatic heterocycles. The second-order valence-electron chi connectivity index (χ2n) is 3.53. The smallest absolute Gasteiger partial charge is 0.221 e. The summed E-state index contributed by atoms with van der Waals surface area (Å²) in [5, 5.41) is 5.39. The fraction of sp³-hybridized carbons (Fsp3) is 0. The third kappa shape index (κ3) is 1.84. The van der Waals surface area contributed by atoms with Crippen LogP contribution in [0.1, 0.15) is 0 Å². The lowest BCUT2D eigenvalue weighted by Gasteiger charge is -2.02. The Labute approximate surface area is 111 Å². The monoisotopic (exact) mass is 337 g/mol. The average molecular weight is 337 g/mol. The predicted octanol–water partition coefficient (Wildman–Crippen LogP) is 2.00. The maximum absolute atomic E-state index is 5.57. The number of hydrogen-bond acceptors (Lipinski definition) is 4. The Bertz CT molecular complexity index is 691. The Balaban J connectivity index is 2.27. The van der Waals surface area contributed by atoms with Crippen molar-refractivity contribution < 1.29 is 0 Å². The topological polar surface area (TPSA) is 69.6 Å². The van der Waals surface area contributed by atoms with E-state index in [1.807, 2.05) is 18.3 Å². The van der Waals surface area contributed by atoms with Gasteiger partial charge in [0.2, 0.25) is 5.95 Å². The molecule has 2 heterocycles. The third-order valence-electron chi connectivity index (χ3n) is 2.41. The van der Waals surface area contributed by atoms with Crippen LogP contribution in [0.4, 0.5) is 5.95 Å². The zero-order valence-electron chi connectivity index (χ0n) is 8.71. The third-order valence-corrected chi connectivity index (χ3v) is 3.08. The molecule has 2 N–H and O–H groups in total. The molecule has 0 amide bonds. The molecule has 0 aliphatic carbocycles. The van der Waals surface area contributed by atoms with Gasteiger partial charge in [0.1, 0.15) is 0 Å². The van der Waals surface area contributed by atoms with Crippen LogP contribution in [-0.4, -0.2) is 19.7 Å². The van der Waals surface area contributed by atoms with Crippen LogP contribution >= 0.6 is 22.6 Å². The second kappa shape index (κ2) is 3.95. The Hall–Kier alpha value is -1.70. The average Bonchev–Trinajstić information content (AvgIpc) is 2.71. The first kappa shape index (κ1) is 10.5. The summed E-state index contributed by atoms with van der Waals surface area (Å²) < 4.78 is 2.91. The fourth-order valence-corrected chi connectivity index (χ4v) is 2.13. The number of benzene rings is 1. The number of nitrogens with zero attached hydrogens (tertiary/aromatic N) is 4. The number of aromatic nitrogens is 4. The Morgan fingerprint density at radius 1 is 1.24 bits per heavy atom. The summed E-state index contributed by atoms with van der Waals surface area (Å²) in [6, 6.07) is 7.91. The molecule has 84 valence electrons. The van der Waals surface area contributed by atoms with Crippen molar-refractivity contribution in [2.24, 2.45) is 0 Å². The van der Waals surface area contributed by atoms with E-state index in [1.165, 1.54) is 0 Å². The van der Waals surface area contributed by atoms with E-state index in [0.717, 1.165) is 14.5 Å². The van der Waals surface area contributed by atoms with E-state index >= 15 is 0 Å². The highest BCUT2D eigenvalue weighted by atomic mass is 127. The van der Waals surface area contributed by atoms with Crippen LogP contribution < -0.4 is 5.73 Å². The standard InChI is InChI=1S/C11H8IN5/c12-8-2-1-7-6-15-17(9(7)5-8)10-3-4-14-11(13)16-10/h1-6H,(H2,13,14,16). The summed E-state index contributed by atoms with van der Waals surface area (Å²) in [6.45, 7) is 0. The zero-order valence-corrected chi connectivity index (χ0v) is 10.9. The molecule has 0 spiro atoms. The first-order valence-corrected chi connectivity index (χ1v) is 6.04. The van der Waals surface area contributed by atoms with E-state index in [2.05, 4.69) is 43.7 Å². The predicted molar refractivity (Wildman–Crippen MR) is 73.8 cm³/mol. The molecule has 0 fully saturated rings. The van der Waals surface area contributed by atoms with Crippen molar-refractivity contribution in [2.75, 3.05) is 5.73 Å². The summed E-state index contributed by atoms with van der Waals surface area (Å²) in [7, 11) is 0. The number of halogens is 1. The van der Waals surface area contributed by atoms with Crippen LogP contribution in [0.25, 0.3) is 16.7 Å². The molecule has 0 bridgehead atoms. The van der Waals surface area contributed by atoms with Gasteiger partial charge in [0.15, 0.2) is 5.82 Å². The minimum Gasteiger partial charge on any atom is -0.368 e. The molecule has 0 saturated carbocycles. The summed E-state index contributed by atoms with van der Waals surface area (Å²) in [5.41, 5.74) is 6.58. The van der Waals surface area contributed by atoms with Crippen molar-refractivity contribution in [3.8, 4) is 5.82 Å². The van der Waals surface area contributed by atoms with E-state index in [4.69, 9.17) is 5.73 Å². The van der Waals surface area contributed by atoms with E-state index in [-0.39, 0.29) is 5.95 Å². The number of rotatable bonds is 1. The van der Waals surface area contributed by atoms with E-state index in [9.17, 15) is 0 Å². The summed E-state index contributed by atoms with van der Waals surface area (Å²) >= 11 is 2.27. The SMILES string of the molecule is Nc1nccc(-n2ncc3ccc(I)cc32)n1.